The Morgan fingerprint density at radius 2 is 1.61 bits per heavy atom. The third-order valence-corrected chi connectivity index (χ3v) is 2.39. The van der Waals surface area contributed by atoms with E-state index >= 15 is 0 Å². The number of methoxy groups -OCH3 is 1. The molecule has 3 amide bonds. The van der Waals surface area contributed by atoms with Crippen molar-refractivity contribution in [3.8, 4) is 0 Å². The van der Waals surface area contributed by atoms with Crippen LogP contribution in [0.25, 0.3) is 0 Å². The molecule has 0 aliphatic rings. The van der Waals surface area contributed by atoms with Crippen LogP contribution in [0.4, 0.5) is 4.79 Å². The third kappa shape index (κ3) is 9.33. The number of hydrogen-bond acceptors (Lipinski definition) is 6. The summed E-state index contributed by atoms with van der Waals surface area (Å²) < 4.78 is 9.24. The molecule has 9 heteroatoms. The zero-order valence-corrected chi connectivity index (χ0v) is 14.3. The SMILES string of the molecule is COC(=O)C(=O)N[C@@H](CC(C)C)C(=O)NNC(=O)OC(C)(C)C. The molecule has 0 aliphatic carbocycles. The molecule has 0 rings (SSSR count). The maximum atomic E-state index is 12.0. The van der Waals surface area contributed by atoms with Crippen LogP contribution in [0.5, 0.6) is 0 Å². The Labute approximate surface area is 135 Å². The zero-order chi connectivity index (χ0) is 18.2. The van der Waals surface area contributed by atoms with Gasteiger partial charge < -0.3 is 14.8 Å². The van der Waals surface area contributed by atoms with Crippen molar-refractivity contribution in [2.24, 2.45) is 5.92 Å². The summed E-state index contributed by atoms with van der Waals surface area (Å²) in [4.78, 5) is 46.2. The number of ether oxygens (including phenoxy) is 2. The molecule has 0 aliphatic heterocycles. The van der Waals surface area contributed by atoms with Gasteiger partial charge in [-0.05, 0) is 33.1 Å². The Hall–Kier alpha value is -2.32. The molecule has 0 fully saturated rings. The van der Waals surface area contributed by atoms with Crippen molar-refractivity contribution in [1.29, 1.82) is 0 Å². The van der Waals surface area contributed by atoms with E-state index in [-0.39, 0.29) is 12.3 Å². The predicted octanol–water partition coefficient (Wildman–Crippen LogP) is 0.246. The lowest BCUT2D eigenvalue weighted by Crippen LogP contribution is -2.54. The van der Waals surface area contributed by atoms with Crippen molar-refractivity contribution in [1.82, 2.24) is 16.2 Å². The molecule has 0 unspecified atom stereocenters. The van der Waals surface area contributed by atoms with E-state index in [9.17, 15) is 19.2 Å². The number of nitrogens with one attached hydrogen (secondary N) is 3. The van der Waals surface area contributed by atoms with Crippen LogP contribution in [0.3, 0.4) is 0 Å². The van der Waals surface area contributed by atoms with Gasteiger partial charge in [0.15, 0.2) is 0 Å². The molecule has 132 valence electrons. The molecular weight excluding hydrogens is 306 g/mol. The molecule has 0 spiro atoms. The number of hydrazine groups is 1. The fourth-order valence-electron chi connectivity index (χ4n) is 1.52. The summed E-state index contributed by atoms with van der Waals surface area (Å²) in [5, 5.41) is 2.25. The Morgan fingerprint density at radius 1 is 1.04 bits per heavy atom. The second-order valence-corrected chi connectivity index (χ2v) is 6.26. The lowest BCUT2D eigenvalue weighted by atomic mass is 10.0. The van der Waals surface area contributed by atoms with E-state index in [1.165, 1.54) is 0 Å². The first kappa shape index (κ1) is 20.7. The number of rotatable bonds is 4. The van der Waals surface area contributed by atoms with Gasteiger partial charge >= 0.3 is 18.0 Å². The van der Waals surface area contributed by atoms with Gasteiger partial charge in [0.25, 0.3) is 5.91 Å². The minimum Gasteiger partial charge on any atom is -0.462 e. The summed E-state index contributed by atoms with van der Waals surface area (Å²) >= 11 is 0. The van der Waals surface area contributed by atoms with Crippen molar-refractivity contribution in [3.63, 3.8) is 0 Å². The lowest BCUT2D eigenvalue weighted by Gasteiger charge is -2.22. The van der Waals surface area contributed by atoms with Gasteiger partial charge in [0, 0.05) is 0 Å². The van der Waals surface area contributed by atoms with Crippen LogP contribution in [-0.4, -0.2) is 42.6 Å². The Morgan fingerprint density at radius 3 is 2.04 bits per heavy atom. The Bertz CT molecular complexity index is 456. The predicted molar refractivity (Wildman–Crippen MR) is 80.9 cm³/mol. The molecule has 9 nitrogen and oxygen atoms in total. The molecule has 0 aromatic heterocycles. The topological polar surface area (TPSA) is 123 Å². The van der Waals surface area contributed by atoms with Gasteiger partial charge in [-0.3, -0.25) is 15.0 Å². The number of carbonyl (C=O) groups excluding carboxylic acids is 4. The molecule has 1 atom stereocenters. The molecule has 3 N–H and O–H groups in total. The van der Waals surface area contributed by atoms with Crippen molar-refractivity contribution < 1.29 is 28.7 Å². The van der Waals surface area contributed by atoms with E-state index < -0.39 is 35.5 Å². The summed E-state index contributed by atoms with van der Waals surface area (Å²) in [7, 11) is 1.06. The van der Waals surface area contributed by atoms with E-state index in [1.807, 2.05) is 13.8 Å². The fraction of sp³-hybridized carbons (Fsp3) is 0.714. The minimum absolute atomic E-state index is 0.0604. The first-order valence-electron chi connectivity index (χ1n) is 7.14. The lowest BCUT2D eigenvalue weighted by molar-refractivity contribution is -0.153. The van der Waals surface area contributed by atoms with Crippen molar-refractivity contribution >= 4 is 23.9 Å². The maximum absolute atomic E-state index is 12.0. The molecular formula is C14H25N3O6. The monoisotopic (exact) mass is 331 g/mol. The third-order valence-electron chi connectivity index (χ3n) is 2.39. The molecule has 0 radical (unpaired) electrons. The molecule has 23 heavy (non-hydrogen) atoms. The van der Waals surface area contributed by atoms with Crippen LogP contribution >= 0.6 is 0 Å². The molecule has 0 aromatic rings. The summed E-state index contributed by atoms with van der Waals surface area (Å²) in [6.45, 7) is 8.70. The summed E-state index contributed by atoms with van der Waals surface area (Å²) in [5.74, 6) is -2.76. The van der Waals surface area contributed by atoms with Gasteiger partial charge in [-0.1, -0.05) is 13.8 Å². The Balaban J connectivity index is 4.66. The molecule has 0 saturated heterocycles. The maximum Gasteiger partial charge on any atom is 0.426 e. The van der Waals surface area contributed by atoms with E-state index in [0.717, 1.165) is 7.11 Å². The van der Waals surface area contributed by atoms with Crippen LogP contribution < -0.4 is 16.2 Å². The molecule has 0 heterocycles. The first-order valence-corrected chi connectivity index (χ1v) is 7.14. The normalized spacial score (nSPS) is 12.1. The number of esters is 1. The number of hydrogen-bond donors (Lipinski definition) is 3. The van der Waals surface area contributed by atoms with Crippen LogP contribution in [0, 0.1) is 5.92 Å². The van der Waals surface area contributed by atoms with Crippen LogP contribution in [0.2, 0.25) is 0 Å². The van der Waals surface area contributed by atoms with Gasteiger partial charge in [0.2, 0.25) is 0 Å². The van der Waals surface area contributed by atoms with Crippen molar-refractivity contribution in [3.05, 3.63) is 0 Å². The van der Waals surface area contributed by atoms with E-state index in [2.05, 4.69) is 20.9 Å². The highest BCUT2D eigenvalue weighted by molar-refractivity contribution is 6.32. The highest BCUT2D eigenvalue weighted by Gasteiger charge is 2.26. The summed E-state index contributed by atoms with van der Waals surface area (Å²) in [6.07, 6.45) is -0.571. The fourth-order valence-corrected chi connectivity index (χ4v) is 1.52. The van der Waals surface area contributed by atoms with Crippen molar-refractivity contribution in [2.45, 2.75) is 52.7 Å². The standard InChI is InChI=1S/C14H25N3O6/c1-8(2)7-9(15-11(19)12(20)22-6)10(18)16-17-13(21)23-14(3,4)5/h8-9H,7H2,1-6H3,(H,15,19)(H,16,18)(H,17,21)/t9-/m0/s1. The van der Waals surface area contributed by atoms with E-state index in [0.29, 0.717) is 0 Å². The van der Waals surface area contributed by atoms with Gasteiger partial charge in [-0.15, -0.1) is 0 Å². The zero-order valence-electron chi connectivity index (χ0n) is 14.3. The highest BCUT2D eigenvalue weighted by Crippen LogP contribution is 2.07. The summed E-state index contributed by atoms with van der Waals surface area (Å²) in [6, 6.07) is -1.00. The average molecular weight is 331 g/mol. The largest absolute Gasteiger partial charge is 0.462 e. The van der Waals surface area contributed by atoms with Crippen LogP contribution in [-0.2, 0) is 23.9 Å². The van der Waals surface area contributed by atoms with Crippen LogP contribution in [0.1, 0.15) is 41.0 Å². The second-order valence-electron chi connectivity index (χ2n) is 6.26. The van der Waals surface area contributed by atoms with E-state index in [4.69, 9.17) is 4.74 Å². The molecule has 0 saturated carbocycles. The smallest absolute Gasteiger partial charge is 0.426 e. The first-order chi connectivity index (χ1) is 10.5. The quantitative estimate of drug-likeness (QED) is 0.385. The van der Waals surface area contributed by atoms with Gasteiger partial charge in [-0.2, -0.15) is 0 Å². The summed E-state index contributed by atoms with van der Waals surface area (Å²) in [5.41, 5.74) is 3.51. The van der Waals surface area contributed by atoms with Gasteiger partial charge in [0.1, 0.15) is 11.6 Å². The van der Waals surface area contributed by atoms with Gasteiger partial charge in [0.05, 0.1) is 7.11 Å². The number of carbonyl (C=O) groups is 4. The molecule has 0 bridgehead atoms. The number of amides is 3. The molecule has 0 aromatic carbocycles. The van der Waals surface area contributed by atoms with E-state index in [1.54, 1.807) is 20.8 Å². The Kier molecular flexibility index (Phi) is 8.06. The van der Waals surface area contributed by atoms with Crippen molar-refractivity contribution in [2.75, 3.05) is 7.11 Å². The minimum atomic E-state index is -1.10. The second kappa shape index (κ2) is 8.96. The average Bonchev–Trinajstić information content (AvgIpc) is 2.40. The van der Waals surface area contributed by atoms with Gasteiger partial charge in [-0.25, -0.2) is 15.0 Å². The van der Waals surface area contributed by atoms with Crippen LogP contribution in [0.15, 0.2) is 0 Å². The highest BCUT2D eigenvalue weighted by atomic mass is 16.6.